The van der Waals surface area contributed by atoms with Crippen LogP contribution in [0.25, 0.3) is 0 Å². The van der Waals surface area contributed by atoms with Crippen molar-refractivity contribution in [1.82, 2.24) is 14.7 Å². The smallest absolute Gasteiger partial charge is 0.123 e. The first-order valence-corrected chi connectivity index (χ1v) is 9.30. The van der Waals surface area contributed by atoms with Crippen molar-refractivity contribution in [3.8, 4) is 0 Å². The summed E-state index contributed by atoms with van der Waals surface area (Å²) in [5, 5.41) is 9.10. The summed E-state index contributed by atoms with van der Waals surface area (Å²) in [6.07, 6.45) is 1.70. The molecule has 27 heavy (non-hydrogen) atoms. The lowest BCUT2D eigenvalue weighted by Crippen LogP contribution is -2.74. The molecule has 0 aromatic heterocycles. The number of benzene rings is 2. The maximum absolute atomic E-state index is 13.1. The van der Waals surface area contributed by atoms with Crippen LogP contribution in [0.15, 0.2) is 64.8 Å². The van der Waals surface area contributed by atoms with Crippen molar-refractivity contribution < 1.29 is 4.39 Å². The van der Waals surface area contributed by atoms with Crippen LogP contribution in [0.2, 0.25) is 0 Å². The predicted molar refractivity (Wildman–Crippen MR) is 104 cm³/mol. The summed E-state index contributed by atoms with van der Waals surface area (Å²) in [5.74, 6) is -0.244. The molecule has 138 valence electrons. The molecule has 6 heteroatoms. The maximum Gasteiger partial charge on any atom is 0.123 e. The Balaban J connectivity index is 1.51. The van der Waals surface area contributed by atoms with Crippen LogP contribution in [-0.2, 0) is 0 Å². The minimum atomic E-state index is -0.244. The van der Waals surface area contributed by atoms with Crippen molar-refractivity contribution in [2.45, 2.75) is 0 Å². The minimum absolute atomic E-state index is 0.0315. The van der Waals surface area contributed by atoms with Crippen molar-refractivity contribution >= 4 is 11.9 Å². The average molecular weight is 363 g/mol. The highest BCUT2D eigenvalue weighted by Gasteiger charge is 2.51. The van der Waals surface area contributed by atoms with Crippen molar-refractivity contribution in [2.75, 3.05) is 39.6 Å². The van der Waals surface area contributed by atoms with E-state index in [9.17, 15) is 4.39 Å². The van der Waals surface area contributed by atoms with Crippen LogP contribution < -0.4 is 0 Å². The zero-order valence-corrected chi connectivity index (χ0v) is 15.1. The number of hydrogen-bond acceptors (Lipinski definition) is 5. The molecule has 0 radical (unpaired) electrons. The van der Waals surface area contributed by atoms with Gasteiger partial charge in [-0.05, 0) is 23.3 Å². The van der Waals surface area contributed by atoms with Gasteiger partial charge in [-0.2, -0.15) is 10.2 Å². The Morgan fingerprint density at radius 3 is 2.04 bits per heavy atom. The summed E-state index contributed by atoms with van der Waals surface area (Å²) in [6, 6.07) is 16.7. The Labute approximate surface area is 158 Å². The summed E-state index contributed by atoms with van der Waals surface area (Å²) in [4.78, 5) is 7.45. The second-order valence-corrected chi connectivity index (χ2v) is 7.80. The summed E-state index contributed by atoms with van der Waals surface area (Å²) in [6.45, 7) is 6.16. The summed E-state index contributed by atoms with van der Waals surface area (Å²) in [5.41, 5.74) is 2.98. The van der Waals surface area contributed by atoms with Crippen LogP contribution in [0.5, 0.6) is 0 Å². The van der Waals surface area contributed by atoms with E-state index < -0.39 is 0 Å². The van der Waals surface area contributed by atoms with Crippen LogP contribution in [0, 0.1) is 11.2 Å². The second kappa shape index (κ2) is 6.64. The molecule has 0 spiro atoms. The Hall–Kier alpha value is -2.41. The Morgan fingerprint density at radius 2 is 1.44 bits per heavy atom. The third kappa shape index (κ3) is 3.20. The van der Waals surface area contributed by atoms with Crippen molar-refractivity contribution in [2.24, 2.45) is 15.6 Å². The number of hydrogen-bond donors (Lipinski definition) is 0. The van der Waals surface area contributed by atoms with Gasteiger partial charge in [0.15, 0.2) is 0 Å². The lowest BCUT2D eigenvalue weighted by Gasteiger charge is -2.60. The largest absolute Gasteiger partial charge is 0.276 e. The molecule has 2 aromatic rings. The molecule has 0 N–H and O–H groups in total. The molecule has 4 saturated heterocycles. The molecule has 4 aliphatic heterocycles. The van der Waals surface area contributed by atoms with E-state index in [0.29, 0.717) is 0 Å². The van der Waals surface area contributed by atoms with E-state index in [1.807, 2.05) is 6.07 Å². The second-order valence-electron chi connectivity index (χ2n) is 7.80. The molecule has 0 unspecified atom stereocenters. The predicted octanol–water partition coefficient (Wildman–Crippen LogP) is 2.45. The molecule has 0 aliphatic carbocycles. The topological polar surface area (TPSA) is 34.4 Å². The van der Waals surface area contributed by atoms with Gasteiger partial charge >= 0.3 is 0 Å². The number of nitrogens with zero attached hydrogens (tertiary/aromatic N) is 5. The van der Waals surface area contributed by atoms with E-state index in [-0.39, 0.29) is 11.2 Å². The maximum atomic E-state index is 13.1. The third-order valence-electron chi connectivity index (χ3n) is 5.56. The van der Waals surface area contributed by atoms with Gasteiger partial charge in [0.25, 0.3) is 0 Å². The fraction of sp³-hybridized carbons (Fsp3) is 0.333. The summed E-state index contributed by atoms with van der Waals surface area (Å²) >= 11 is 0. The van der Waals surface area contributed by atoms with Crippen LogP contribution >= 0.6 is 0 Å². The fourth-order valence-electron chi connectivity index (χ4n) is 4.71. The molecule has 0 saturated carbocycles. The quantitative estimate of drug-likeness (QED) is 0.618. The first-order chi connectivity index (χ1) is 13.2. The van der Waals surface area contributed by atoms with Gasteiger partial charge in [-0.15, -0.1) is 0 Å². The molecular formula is C21H22FN5. The van der Waals surface area contributed by atoms with Gasteiger partial charge in [0.2, 0.25) is 0 Å². The lowest BCUT2D eigenvalue weighted by molar-refractivity contribution is -0.149. The van der Waals surface area contributed by atoms with Gasteiger partial charge < -0.3 is 0 Å². The van der Waals surface area contributed by atoms with E-state index in [1.165, 1.54) is 12.1 Å². The number of rotatable bonds is 4. The molecule has 4 heterocycles. The summed E-state index contributed by atoms with van der Waals surface area (Å²) in [7, 11) is 0. The molecule has 2 aromatic carbocycles. The lowest BCUT2D eigenvalue weighted by atomic mass is 9.74. The molecule has 4 bridgehead atoms. The average Bonchev–Trinajstić information content (AvgIpc) is 2.66. The highest BCUT2D eigenvalue weighted by Crippen LogP contribution is 2.38. The normalized spacial score (nSPS) is 32.3. The van der Waals surface area contributed by atoms with E-state index in [4.69, 9.17) is 5.10 Å². The molecular weight excluding hydrogens is 341 g/mol. The van der Waals surface area contributed by atoms with E-state index in [1.54, 1.807) is 18.3 Å². The van der Waals surface area contributed by atoms with Crippen LogP contribution in [0.3, 0.4) is 0 Å². The molecule has 6 rings (SSSR count). The number of halogens is 1. The first-order valence-electron chi connectivity index (χ1n) is 9.30. The van der Waals surface area contributed by atoms with Crippen molar-refractivity contribution in [3.05, 3.63) is 71.5 Å². The molecule has 5 nitrogen and oxygen atoms in total. The van der Waals surface area contributed by atoms with Crippen molar-refractivity contribution in [1.29, 1.82) is 0 Å². The molecule has 0 amide bonds. The SMILES string of the molecule is Fc1ccc(/C=N/N=C(c2ccccc2)C23CN4CN(CN(C4)C2)C3)cc1. The summed E-state index contributed by atoms with van der Waals surface area (Å²) < 4.78 is 13.1. The molecule has 4 fully saturated rings. The van der Waals surface area contributed by atoms with Gasteiger partial charge in [0.1, 0.15) is 5.82 Å². The van der Waals surface area contributed by atoms with Crippen LogP contribution in [0.4, 0.5) is 4.39 Å². The molecule has 4 aliphatic rings. The van der Waals surface area contributed by atoms with E-state index >= 15 is 0 Å². The Morgan fingerprint density at radius 1 is 0.852 bits per heavy atom. The standard InChI is InChI=1S/C21H22FN5/c22-19-8-6-17(7-9-19)10-23-24-20(18-4-2-1-3-5-18)21-11-25-14-26(12-21)16-27(13-21)15-25/h1-10H,11-16H2/b23-10+,24-20?. The van der Waals surface area contributed by atoms with Gasteiger partial charge in [0.05, 0.1) is 37.3 Å². The molecule has 0 atom stereocenters. The Kier molecular flexibility index (Phi) is 4.11. The Bertz CT molecular complexity index is 840. The van der Waals surface area contributed by atoms with Crippen LogP contribution in [-0.4, -0.2) is 66.3 Å². The van der Waals surface area contributed by atoms with Gasteiger partial charge in [0, 0.05) is 19.6 Å². The van der Waals surface area contributed by atoms with Crippen LogP contribution in [0.1, 0.15) is 11.1 Å². The van der Waals surface area contributed by atoms with Gasteiger partial charge in [-0.1, -0.05) is 42.5 Å². The van der Waals surface area contributed by atoms with Gasteiger partial charge in [-0.3, -0.25) is 14.7 Å². The van der Waals surface area contributed by atoms with Gasteiger partial charge in [-0.25, -0.2) is 4.39 Å². The van der Waals surface area contributed by atoms with E-state index in [0.717, 1.165) is 56.5 Å². The minimum Gasteiger partial charge on any atom is -0.276 e. The highest BCUT2D eigenvalue weighted by molar-refractivity contribution is 6.05. The monoisotopic (exact) mass is 363 g/mol. The van der Waals surface area contributed by atoms with Crippen molar-refractivity contribution in [3.63, 3.8) is 0 Å². The fourth-order valence-corrected chi connectivity index (χ4v) is 4.71. The third-order valence-corrected chi connectivity index (χ3v) is 5.56. The van der Waals surface area contributed by atoms with E-state index in [2.05, 4.69) is 44.1 Å². The first kappa shape index (κ1) is 16.7. The zero-order chi connectivity index (χ0) is 18.3. The highest BCUT2D eigenvalue weighted by atomic mass is 19.1. The zero-order valence-electron chi connectivity index (χ0n) is 15.1.